The van der Waals surface area contributed by atoms with Crippen LogP contribution < -0.4 is 0 Å². The van der Waals surface area contributed by atoms with Crippen LogP contribution in [0.5, 0.6) is 0 Å². The van der Waals surface area contributed by atoms with Gasteiger partial charge < -0.3 is 18.9 Å². The Morgan fingerprint density at radius 2 is 0.861 bits per heavy atom. The molecule has 3 aliphatic carbocycles. The molecule has 0 aliphatic heterocycles. The van der Waals surface area contributed by atoms with Crippen LogP contribution in [-0.4, -0.2) is 63.9 Å². The molecule has 0 N–H and O–H groups in total. The first-order valence-electron chi connectivity index (χ1n) is 12.1. The SMILES string of the molecule is COC(=O)C1C(=O)C(C(=O)OC)C23CCCCC#CCCCCC12C(C(=O)OC)C(=O)C3C(=O)OC. The molecule has 0 heterocycles. The standard InChI is InChI=1S/C26H32O10/c1-33-21(29)15-19(27)16(22(30)34-2)26-14-12-10-8-6-5-7-9-11-13-25(15,26)17(23(31)35-3)20(28)18(26)24(32)36-4/h15-18H,7-14H2,1-4H3. The summed E-state index contributed by atoms with van der Waals surface area (Å²) in [4.78, 5) is 81.0. The minimum absolute atomic E-state index is 0.0205. The Kier molecular flexibility index (Phi) is 8.22. The maximum absolute atomic E-state index is 14.0. The van der Waals surface area contributed by atoms with E-state index in [0.29, 0.717) is 38.5 Å². The molecular formula is C26H32O10. The zero-order valence-electron chi connectivity index (χ0n) is 21.0. The van der Waals surface area contributed by atoms with Gasteiger partial charge in [-0.3, -0.25) is 28.8 Å². The Hall–Kier alpha value is -3.22. The maximum atomic E-state index is 14.0. The van der Waals surface area contributed by atoms with Crippen LogP contribution in [0.15, 0.2) is 0 Å². The average molecular weight is 505 g/mol. The number of hydrogen-bond donors (Lipinski definition) is 0. The molecule has 10 heteroatoms. The van der Waals surface area contributed by atoms with Crippen LogP contribution in [0.3, 0.4) is 0 Å². The summed E-state index contributed by atoms with van der Waals surface area (Å²) in [5.41, 5.74) is -3.49. The van der Waals surface area contributed by atoms with E-state index in [0.717, 1.165) is 28.4 Å². The third-order valence-electron chi connectivity index (χ3n) is 8.22. The first-order chi connectivity index (χ1) is 17.2. The summed E-state index contributed by atoms with van der Waals surface area (Å²) in [5.74, 6) is -5.99. The van der Waals surface area contributed by atoms with Crippen LogP contribution in [0.4, 0.5) is 0 Å². The quantitative estimate of drug-likeness (QED) is 0.239. The van der Waals surface area contributed by atoms with Crippen LogP contribution in [0.25, 0.3) is 0 Å². The predicted octanol–water partition coefficient (Wildman–Crippen LogP) is 1.42. The number of ketones is 2. The van der Waals surface area contributed by atoms with Crippen LogP contribution in [0.2, 0.25) is 0 Å². The molecule has 3 aliphatic rings. The molecular weight excluding hydrogens is 472 g/mol. The number of carbonyl (C=O) groups excluding carboxylic acids is 6. The second-order valence-corrected chi connectivity index (χ2v) is 9.48. The number of Topliss-reactive ketones (excluding diaryl/α,β-unsaturated/α-hetero) is 2. The van der Waals surface area contributed by atoms with Gasteiger partial charge in [-0.2, -0.15) is 0 Å². The van der Waals surface area contributed by atoms with E-state index in [9.17, 15) is 28.8 Å². The van der Waals surface area contributed by atoms with E-state index < -0.39 is 69.9 Å². The smallest absolute Gasteiger partial charge is 0.316 e. The molecule has 0 saturated heterocycles. The number of carbonyl (C=O) groups is 6. The monoisotopic (exact) mass is 504 g/mol. The van der Waals surface area contributed by atoms with Gasteiger partial charge in [-0.15, -0.1) is 11.8 Å². The minimum Gasteiger partial charge on any atom is -0.468 e. The Labute approximate surface area is 209 Å². The van der Waals surface area contributed by atoms with Gasteiger partial charge in [0.1, 0.15) is 23.7 Å². The molecule has 0 spiro atoms. The van der Waals surface area contributed by atoms with E-state index >= 15 is 0 Å². The zero-order chi connectivity index (χ0) is 26.7. The number of rotatable bonds is 4. The fourth-order valence-corrected chi connectivity index (χ4v) is 7.02. The Morgan fingerprint density at radius 1 is 0.583 bits per heavy atom. The van der Waals surface area contributed by atoms with E-state index in [2.05, 4.69) is 11.8 Å². The fraction of sp³-hybridized carbons (Fsp3) is 0.692. The minimum atomic E-state index is -1.74. The van der Waals surface area contributed by atoms with Crippen molar-refractivity contribution in [3.05, 3.63) is 0 Å². The van der Waals surface area contributed by atoms with Gasteiger partial charge in [0.05, 0.1) is 28.4 Å². The number of esters is 4. The zero-order valence-corrected chi connectivity index (χ0v) is 21.0. The molecule has 0 bridgehead atoms. The molecule has 3 rings (SSSR count). The third-order valence-corrected chi connectivity index (χ3v) is 8.22. The number of hydrogen-bond acceptors (Lipinski definition) is 10. The summed E-state index contributed by atoms with van der Waals surface area (Å²) in [5, 5.41) is 0. The van der Waals surface area contributed by atoms with Crippen molar-refractivity contribution < 1.29 is 47.7 Å². The van der Waals surface area contributed by atoms with Crippen molar-refractivity contribution in [2.24, 2.45) is 34.5 Å². The van der Waals surface area contributed by atoms with Crippen LogP contribution in [-0.2, 0) is 47.7 Å². The lowest BCUT2D eigenvalue weighted by Crippen LogP contribution is -2.52. The Morgan fingerprint density at radius 3 is 1.11 bits per heavy atom. The van der Waals surface area contributed by atoms with E-state index in [-0.39, 0.29) is 12.8 Å². The van der Waals surface area contributed by atoms with E-state index in [4.69, 9.17) is 18.9 Å². The molecule has 0 aromatic rings. The third kappa shape index (κ3) is 3.80. The van der Waals surface area contributed by atoms with Gasteiger partial charge in [-0.1, -0.05) is 12.8 Å². The van der Waals surface area contributed by atoms with Crippen molar-refractivity contribution in [1.29, 1.82) is 0 Å². The summed E-state index contributed by atoms with van der Waals surface area (Å²) in [6.45, 7) is 0. The lowest BCUT2D eigenvalue weighted by molar-refractivity contribution is -0.170. The van der Waals surface area contributed by atoms with Crippen molar-refractivity contribution in [2.45, 2.75) is 51.4 Å². The molecule has 0 radical (unpaired) electrons. The van der Waals surface area contributed by atoms with Crippen molar-refractivity contribution >= 4 is 35.4 Å². The van der Waals surface area contributed by atoms with Crippen LogP contribution >= 0.6 is 0 Å². The highest BCUT2D eigenvalue weighted by molar-refractivity contribution is 6.20. The highest BCUT2D eigenvalue weighted by Gasteiger charge is 2.85. The first-order valence-corrected chi connectivity index (χ1v) is 12.1. The molecule has 196 valence electrons. The Bertz CT molecular complexity index is 885. The second-order valence-electron chi connectivity index (χ2n) is 9.48. The second kappa shape index (κ2) is 10.8. The van der Waals surface area contributed by atoms with E-state index in [1.54, 1.807) is 0 Å². The van der Waals surface area contributed by atoms with Crippen molar-refractivity contribution in [3.63, 3.8) is 0 Å². The average Bonchev–Trinajstić information content (AvgIpc) is 3.20. The van der Waals surface area contributed by atoms with Gasteiger partial charge in [0.25, 0.3) is 0 Å². The number of methoxy groups -OCH3 is 4. The maximum Gasteiger partial charge on any atom is 0.316 e. The first kappa shape index (κ1) is 27.4. The van der Waals surface area contributed by atoms with E-state index in [1.807, 2.05) is 0 Å². The predicted molar refractivity (Wildman–Crippen MR) is 122 cm³/mol. The van der Waals surface area contributed by atoms with Gasteiger partial charge in [0.2, 0.25) is 0 Å². The Balaban J connectivity index is 2.47. The van der Waals surface area contributed by atoms with Gasteiger partial charge >= 0.3 is 23.9 Å². The van der Waals surface area contributed by atoms with Gasteiger partial charge in [0, 0.05) is 23.7 Å². The molecule has 4 atom stereocenters. The topological polar surface area (TPSA) is 139 Å². The summed E-state index contributed by atoms with van der Waals surface area (Å²) >= 11 is 0. The van der Waals surface area contributed by atoms with Gasteiger partial charge in [-0.25, -0.2) is 0 Å². The molecule has 2 fully saturated rings. The summed E-state index contributed by atoms with van der Waals surface area (Å²) in [6.07, 6.45) is 2.98. The summed E-state index contributed by atoms with van der Waals surface area (Å²) in [7, 11) is 4.36. The lowest BCUT2D eigenvalue weighted by Gasteiger charge is -2.47. The number of ether oxygens (including phenoxy) is 4. The molecule has 0 aromatic heterocycles. The van der Waals surface area contributed by atoms with Gasteiger partial charge in [0.15, 0.2) is 11.6 Å². The van der Waals surface area contributed by atoms with E-state index in [1.165, 1.54) is 0 Å². The molecule has 2 saturated carbocycles. The molecule has 36 heavy (non-hydrogen) atoms. The van der Waals surface area contributed by atoms with Crippen LogP contribution in [0, 0.1) is 46.3 Å². The normalized spacial score (nSPS) is 34.0. The molecule has 10 nitrogen and oxygen atoms in total. The van der Waals surface area contributed by atoms with Crippen molar-refractivity contribution in [2.75, 3.05) is 28.4 Å². The molecule has 0 amide bonds. The van der Waals surface area contributed by atoms with Gasteiger partial charge in [-0.05, 0) is 25.7 Å². The largest absolute Gasteiger partial charge is 0.468 e. The van der Waals surface area contributed by atoms with Crippen molar-refractivity contribution in [3.8, 4) is 11.8 Å². The lowest BCUT2D eigenvalue weighted by atomic mass is 9.53. The molecule has 0 aromatic carbocycles. The van der Waals surface area contributed by atoms with Crippen LogP contribution in [0.1, 0.15) is 51.4 Å². The summed E-state index contributed by atoms with van der Waals surface area (Å²) in [6, 6.07) is 0. The highest BCUT2D eigenvalue weighted by Crippen LogP contribution is 2.74. The fourth-order valence-electron chi connectivity index (χ4n) is 7.02. The van der Waals surface area contributed by atoms with Crippen molar-refractivity contribution in [1.82, 2.24) is 0 Å². The summed E-state index contributed by atoms with van der Waals surface area (Å²) < 4.78 is 20.0. The molecule has 4 unspecified atom stereocenters. The highest BCUT2D eigenvalue weighted by atomic mass is 16.5.